The monoisotopic (exact) mass is 349 g/mol. The number of carbonyl (C=O) groups excluding carboxylic acids is 3. The van der Waals surface area contributed by atoms with Gasteiger partial charge >= 0.3 is 0 Å². The summed E-state index contributed by atoms with van der Waals surface area (Å²) in [6, 6.07) is 5.31. The van der Waals surface area contributed by atoms with E-state index in [1.165, 1.54) is 0 Å². The van der Waals surface area contributed by atoms with Crippen molar-refractivity contribution in [1.29, 1.82) is 0 Å². The average Bonchev–Trinajstić information content (AvgIpc) is 3.40. The molecule has 1 aliphatic heterocycles. The molecule has 2 fully saturated rings. The van der Waals surface area contributed by atoms with Gasteiger partial charge in [-0.1, -0.05) is 17.7 Å². The fourth-order valence-corrected chi connectivity index (χ4v) is 3.16. The van der Waals surface area contributed by atoms with E-state index in [-0.39, 0.29) is 11.8 Å². The quantitative estimate of drug-likeness (QED) is 0.664. The van der Waals surface area contributed by atoms with Crippen molar-refractivity contribution in [2.24, 2.45) is 5.41 Å². The fraction of sp³-hybridized carbons (Fsp3) is 0.471. The van der Waals surface area contributed by atoms with E-state index >= 15 is 0 Å². The Morgan fingerprint density at radius 3 is 2.46 bits per heavy atom. The van der Waals surface area contributed by atoms with Gasteiger partial charge in [0, 0.05) is 36.9 Å². The van der Waals surface area contributed by atoms with Gasteiger partial charge in [0.05, 0.1) is 0 Å². The fourth-order valence-electron chi connectivity index (χ4n) is 2.98. The third-order valence-corrected chi connectivity index (χ3v) is 5.27. The second-order valence-electron chi connectivity index (χ2n) is 6.38. The highest BCUT2D eigenvalue weighted by Crippen LogP contribution is 2.48. The number of nitrogens with one attached hydrogen (secondary N) is 1. The predicted octanol–water partition coefficient (Wildman–Crippen LogP) is 1.67. The number of rotatable bonds is 4. The molecule has 0 aromatic heterocycles. The molecule has 1 N–H and O–H groups in total. The van der Waals surface area contributed by atoms with Gasteiger partial charge in [-0.2, -0.15) is 0 Å². The summed E-state index contributed by atoms with van der Waals surface area (Å²) in [5.74, 6) is -0.402. The lowest BCUT2D eigenvalue weighted by Crippen LogP contribution is -2.52. The first-order valence-electron chi connectivity index (χ1n) is 8.03. The van der Waals surface area contributed by atoms with Gasteiger partial charge in [-0.15, -0.1) is 0 Å². The van der Waals surface area contributed by atoms with Gasteiger partial charge in [-0.3, -0.25) is 14.4 Å². The standard InChI is InChI=1S/C17H20ClN3O3/c1-12-13(18)3-2-4-14(12)19-15(23)17(5-6-17)16(24)21-9-7-20(11-22)8-10-21/h2-4,11H,5-10H2,1H3,(H,19,23). The zero-order valence-corrected chi connectivity index (χ0v) is 14.3. The van der Waals surface area contributed by atoms with Gasteiger partial charge in [0.15, 0.2) is 0 Å². The molecule has 0 spiro atoms. The minimum absolute atomic E-state index is 0.134. The highest BCUT2D eigenvalue weighted by Gasteiger charge is 2.58. The van der Waals surface area contributed by atoms with Crippen molar-refractivity contribution in [3.8, 4) is 0 Å². The molecule has 7 heteroatoms. The Kier molecular flexibility index (Phi) is 4.49. The van der Waals surface area contributed by atoms with Crippen LogP contribution in [0.2, 0.25) is 5.02 Å². The van der Waals surface area contributed by atoms with Crippen molar-refractivity contribution < 1.29 is 14.4 Å². The van der Waals surface area contributed by atoms with Gasteiger partial charge in [0.25, 0.3) is 0 Å². The molecular formula is C17H20ClN3O3. The number of anilines is 1. The van der Waals surface area contributed by atoms with E-state index in [1.807, 2.05) is 6.92 Å². The van der Waals surface area contributed by atoms with Crippen molar-refractivity contribution in [1.82, 2.24) is 9.80 Å². The van der Waals surface area contributed by atoms with Crippen LogP contribution in [-0.2, 0) is 14.4 Å². The first kappa shape index (κ1) is 16.8. The zero-order chi connectivity index (χ0) is 17.3. The van der Waals surface area contributed by atoms with E-state index in [9.17, 15) is 14.4 Å². The van der Waals surface area contributed by atoms with Crippen LogP contribution in [0.5, 0.6) is 0 Å². The summed E-state index contributed by atoms with van der Waals surface area (Å²) in [6.45, 7) is 3.81. The minimum atomic E-state index is -0.960. The molecule has 1 aliphatic carbocycles. The minimum Gasteiger partial charge on any atom is -0.342 e. The molecule has 0 radical (unpaired) electrons. The lowest BCUT2D eigenvalue weighted by Gasteiger charge is -2.34. The van der Waals surface area contributed by atoms with Crippen LogP contribution in [0.15, 0.2) is 18.2 Å². The van der Waals surface area contributed by atoms with Crippen LogP contribution < -0.4 is 5.32 Å². The number of piperazine rings is 1. The lowest BCUT2D eigenvalue weighted by atomic mass is 10.0. The predicted molar refractivity (Wildman–Crippen MR) is 90.7 cm³/mol. The Hall–Kier alpha value is -2.08. The highest BCUT2D eigenvalue weighted by atomic mass is 35.5. The molecule has 3 amide bonds. The number of hydrogen-bond acceptors (Lipinski definition) is 3. The number of carbonyl (C=O) groups is 3. The van der Waals surface area contributed by atoms with Crippen molar-refractivity contribution in [2.45, 2.75) is 19.8 Å². The van der Waals surface area contributed by atoms with Crippen LogP contribution in [0.4, 0.5) is 5.69 Å². The molecule has 1 aromatic rings. The molecule has 128 valence electrons. The molecule has 1 saturated heterocycles. The molecule has 24 heavy (non-hydrogen) atoms. The zero-order valence-electron chi connectivity index (χ0n) is 13.5. The van der Waals surface area contributed by atoms with Crippen molar-refractivity contribution in [2.75, 3.05) is 31.5 Å². The molecule has 1 saturated carbocycles. The van der Waals surface area contributed by atoms with Crippen molar-refractivity contribution in [3.63, 3.8) is 0 Å². The molecule has 0 unspecified atom stereocenters. The maximum atomic E-state index is 12.8. The van der Waals surface area contributed by atoms with Crippen LogP contribution >= 0.6 is 11.6 Å². The summed E-state index contributed by atoms with van der Waals surface area (Å²) in [5.41, 5.74) is 0.464. The van der Waals surface area contributed by atoms with Crippen molar-refractivity contribution in [3.05, 3.63) is 28.8 Å². The van der Waals surface area contributed by atoms with Crippen LogP contribution in [0.25, 0.3) is 0 Å². The van der Waals surface area contributed by atoms with E-state index < -0.39 is 5.41 Å². The Morgan fingerprint density at radius 2 is 1.88 bits per heavy atom. The van der Waals surface area contributed by atoms with Crippen LogP contribution in [-0.4, -0.2) is 54.2 Å². The Bertz CT molecular complexity index is 680. The maximum Gasteiger partial charge on any atom is 0.240 e. The third kappa shape index (κ3) is 2.98. The number of hydrogen-bond donors (Lipinski definition) is 1. The van der Waals surface area contributed by atoms with Crippen LogP contribution in [0.1, 0.15) is 18.4 Å². The smallest absolute Gasteiger partial charge is 0.240 e. The second-order valence-corrected chi connectivity index (χ2v) is 6.79. The topological polar surface area (TPSA) is 69.7 Å². The summed E-state index contributed by atoms with van der Waals surface area (Å²) in [5, 5.41) is 3.43. The summed E-state index contributed by atoms with van der Waals surface area (Å²) >= 11 is 6.08. The molecule has 0 bridgehead atoms. The summed E-state index contributed by atoms with van der Waals surface area (Å²) in [7, 11) is 0. The number of benzene rings is 1. The molecular weight excluding hydrogens is 330 g/mol. The van der Waals surface area contributed by atoms with E-state index in [1.54, 1.807) is 28.0 Å². The Labute approximate surface area is 145 Å². The van der Waals surface area contributed by atoms with Gasteiger partial charge in [0.1, 0.15) is 5.41 Å². The van der Waals surface area contributed by atoms with E-state index in [0.29, 0.717) is 49.7 Å². The first-order chi connectivity index (χ1) is 11.5. The Morgan fingerprint density at radius 1 is 1.21 bits per heavy atom. The van der Waals surface area contributed by atoms with Gasteiger partial charge in [0.2, 0.25) is 18.2 Å². The second kappa shape index (κ2) is 6.43. The van der Waals surface area contributed by atoms with Crippen molar-refractivity contribution >= 4 is 35.5 Å². The van der Waals surface area contributed by atoms with Crippen LogP contribution in [0.3, 0.4) is 0 Å². The molecule has 1 aromatic carbocycles. The summed E-state index contributed by atoms with van der Waals surface area (Å²) in [4.78, 5) is 39.6. The summed E-state index contributed by atoms with van der Waals surface area (Å²) < 4.78 is 0. The number of amides is 3. The highest BCUT2D eigenvalue weighted by molar-refractivity contribution is 6.31. The van der Waals surface area contributed by atoms with Gasteiger partial charge < -0.3 is 15.1 Å². The normalized spacial score (nSPS) is 18.9. The SMILES string of the molecule is Cc1c(Cl)cccc1NC(=O)C1(C(=O)N2CCN(C=O)CC2)CC1. The average molecular weight is 350 g/mol. The van der Waals surface area contributed by atoms with Gasteiger partial charge in [-0.25, -0.2) is 0 Å². The van der Waals surface area contributed by atoms with E-state index in [4.69, 9.17) is 11.6 Å². The lowest BCUT2D eigenvalue weighted by molar-refractivity contribution is -0.144. The van der Waals surface area contributed by atoms with E-state index in [0.717, 1.165) is 12.0 Å². The molecule has 6 nitrogen and oxygen atoms in total. The number of nitrogens with zero attached hydrogens (tertiary/aromatic N) is 2. The molecule has 3 rings (SSSR count). The molecule has 1 heterocycles. The third-order valence-electron chi connectivity index (χ3n) is 4.86. The molecule has 2 aliphatic rings. The maximum absolute atomic E-state index is 12.8. The molecule has 0 atom stereocenters. The number of halogens is 1. The Balaban J connectivity index is 1.69. The first-order valence-corrected chi connectivity index (χ1v) is 8.41. The van der Waals surface area contributed by atoms with E-state index in [2.05, 4.69) is 5.32 Å². The largest absolute Gasteiger partial charge is 0.342 e. The van der Waals surface area contributed by atoms with Crippen LogP contribution in [0, 0.1) is 12.3 Å². The van der Waals surface area contributed by atoms with Gasteiger partial charge in [-0.05, 0) is 37.5 Å². The summed E-state index contributed by atoms with van der Waals surface area (Å²) in [6.07, 6.45) is 1.92.